The van der Waals surface area contributed by atoms with Crippen LogP contribution in [0.25, 0.3) is 11.1 Å². The average molecular weight is 434 g/mol. The monoisotopic (exact) mass is 433 g/mol. The molecular formula is C26H31N3O3. The number of likely N-dealkylation sites (tertiary alicyclic amines) is 1. The number of piperazine rings is 1. The fraction of sp³-hybridized carbons (Fsp3) is 0.462. The van der Waals surface area contributed by atoms with E-state index in [0.29, 0.717) is 19.0 Å². The summed E-state index contributed by atoms with van der Waals surface area (Å²) in [6, 6.07) is 16.3. The third-order valence-electron chi connectivity index (χ3n) is 7.35. The van der Waals surface area contributed by atoms with Crippen molar-refractivity contribution in [2.24, 2.45) is 5.92 Å². The van der Waals surface area contributed by atoms with Crippen molar-refractivity contribution in [1.29, 1.82) is 0 Å². The number of nitrogens with one attached hydrogen (secondary N) is 2. The standard InChI is InChI=1S/C26H31N3O3/c1-16(2)12-22(24(30)29-13-23-26(29,3)15-27-23)28-25(31)32-14-21-19-10-6-4-8-17(19)18-9-5-7-11-20(18)21/h4-11,16,21-23,27H,12-15H2,1-3H3,(H,28,31)/t22-,23+,26?/m0/s1. The number of benzene rings is 2. The highest BCUT2D eigenvalue weighted by Gasteiger charge is 2.59. The van der Waals surface area contributed by atoms with Crippen LogP contribution in [0.15, 0.2) is 48.5 Å². The Balaban J connectivity index is 1.26. The second kappa shape index (κ2) is 7.93. The van der Waals surface area contributed by atoms with E-state index in [2.05, 4.69) is 55.7 Å². The van der Waals surface area contributed by atoms with Crippen molar-refractivity contribution in [3.05, 3.63) is 59.7 Å². The minimum absolute atomic E-state index is 0.00324. The summed E-state index contributed by atoms with van der Waals surface area (Å²) in [6.07, 6.45) is 0.0630. The average Bonchev–Trinajstić information content (AvgIpc) is 3.10. The van der Waals surface area contributed by atoms with Gasteiger partial charge in [0.2, 0.25) is 5.91 Å². The van der Waals surface area contributed by atoms with Crippen molar-refractivity contribution < 1.29 is 14.3 Å². The van der Waals surface area contributed by atoms with Crippen LogP contribution in [0.5, 0.6) is 0 Å². The van der Waals surface area contributed by atoms with Crippen LogP contribution in [0, 0.1) is 5.92 Å². The summed E-state index contributed by atoms with van der Waals surface area (Å²) < 4.78 is 5.69. The Bertz CT molecular complexity index is 1010. The largest absolute Gasteiger partial charge is 0.449 e. The lowest BCUT2D eigenvalue weighted by Crippen LogP contribution is -2.87. The number of hydrogen-bond acceptors (Lipinski definition) is 4. The highest BCUT2D eigenvalue weighted by Crippen LogP contribution is 2.44. The first kappa shape index (κ1) is 21.0. The smallest absolute Gasteiger partial charge is 0.407 e. The molecule has 0 spiro atoms. The molecule has 3 atom stereocenters. The predicted molar refractivity (Wildman–Crippen MR) is 123 cm³/mol. The van der Waals surface area contributed by atoms with Gasteiger partial charge in [0.05, 0.1) is 5.54 Å². The summed E-state index contributed by atoms with van der Waals surface area (Å²) in [5.74, 6) is 0.276. The third-order valence-corrected chi connectivity index (χ3v) is 7.35. The van der Waals surface area contributed by atoms with E-state index in [-0.39, 0.29) is 29.9 Å². The fourth-order valence-corrected chi connectivity index (χ4v) is 5.37. The van der Waals surface area contributed by atoms with Gasteiger partial charge in [-0.05, 0) is 41.5 Å². The van der Waals surface area contributed by atoms with Crippen molar-refractivity contribution in [3.63, 3.8) is 0 Å². The van der Waals surface area contributed by atoms with Gasteiger partial charge in [-0.1, -0.05) is 62.4 Å². The molecule has 3 aliphatic rings. The minimum atomic E-state index is -0.566. The molecule has 2 aromatic rings. The van der Waals surface area contributed by atoms with Gasteiger partial charge in [0.15, 0.2) is 0 Å². The Morgan fingerprint density at radius 3 is 2.25 bits per heavy atom. The van der Waals surface area contributed by atoms with Gasteiger partial charge in [-0.2, -0.15) is 0 Å². The second-order valence-corrected chi connectivity index (χ2v) is 9.89. The Hall–Kier alpha value is -2.86. The van der Waals surface area contributed by atoms with Gasteiger partial charge in [-0.25, -0.2) is 4.79 Å². The van der Waals surface area contributed by atoms with E-state index < -0.39 is 12.1 Å². The highest BCUT2D eigenvalue weighted by atomic mass is 16.5. The summed E-state index contributed by atoms with van der Waals surface area (Å²) in [6.45, 7) is 7.99. The molecule has 2 saturated heterocycles. The molecule has 2 heterocycles. The molecule has 5 rings (SSSR count). The zero-order valence-corrected chi connectivity index (χ0v) is 18.9. The molecule has 2 fully saturated rings. The van der Waals surface area contributed by atoms with Gasteiger partial charge in [0.25, 0.3) is 0 Å². The molecule has 0 saturated carbocycles. The summed E-state index contributed by atoms with van der Waals surface area (Å²) in [5.41, 5.74) is 4.62. The molecule has 2 amide bonds. The lowest BCUT2D eigenvalue weighted by atomic mass is 9.73. The maximum Gasteiger partial charge on any atom is 0.407 e. The number of hydrogen-bond donors (Lipinski definition) is 2. The zero-order chi connectivity index (χ0) is 22.5. The molecule has 2 aromatic carbocycles. The van der Waals surface area contributed by atoms with Crippen molar-refractivity contribution in [2.45, 2.75) is 50.7 Å². The maximum absolute atomic E-state index is 13.2. The Morgan fingerprint density at radius 1 is 1.12 bits per heavy atom. The van der Waals surface area contributed by atoms with E-state index >= 15 is 0 Å². The van der Waals surface area contributed by atoms with Crippen molar-refractivity contribution in [2.75, 3.05) is 19.7 Å². The minimum Gasteiger partial charge on any atom is -0.449 e. The Kier molecular flexibility index (Phi) is 5.20. The molecule has 1 aliphatic carbocycles. The van der Waals surface area contributed by atoms with Crippen molar-refractivity contribution in [1.82, 2.24) is 15.5 Å². The summed E-state index contributed by atoms with van der Waals surface area (Å²) in [7, 11) is 0. The summed E-state index contributed by atoms with van der Waals surface area (Å²) >= 11 is 0. The van der Waals surface area contributed by atoms with Gasteiger partial charge in [-0.3, -0.25) is 4.79 Å². The molecule has 0 aromatic heterocycles. The molecular weight excluding hydrogens is 402 g/mol. The number of amides is 2. The number of fused-ring (bicyclic) bond motifs is 4. The van der Waals surface area contributed by atoms with Gasteiger partial charge in [-0.15, -0.1) is 0 Å². The van der Waals surface area contributed by atoms with E-state index in [1.54, 1.807) is 0 Å². The highest BCUT2D eigenvalue weighted by molar-refractivity contribution is 5.87. The predicted octanol–water partition coefficient (Wildman–Crippen LogP) is 3.51. The maximum atomic E-state index is 13.2. The molecule has 6 heteroatoms. The van der Waals surface area contributed by atoms with Crippen molar-refractivity contribution >= 4 is 12.0 Å². The third kappa shape index (κ3) is 3.37. The van der Waals surface area contributed by atoms with E-state index in [9.17, 15) is 9.59 Å². The SMILES string of the molecule is CC(C)C[C@H](NC(=O)OCC1c2ccccc2-c2ccccc21)C(=O)N1C[C@H]2NCC21C. The Labute approximate surface area is 189 Å². The lowest BCUT2D eigenvalue weighted by molar-refractivity contribution is -0.164. The van der Waals surface area contributed by atoms with Crippen LogP contribution < -0.4 is 10.6 Å². The van der Waals surface area contributed by atoms with Crippen molar-refractivity contribution in [3.8, 4) is 11.1 Å². The first-order valence-electron chi connectivity index (χ1n) is 11.5. The molecule has 2 N–H and O–H groups in total. The topological polar surface area (TPSA) is 70.7 Å². The molecule has 32 heavy (non-hydrogen) atoms. The van der Waals surface area contributed by atoms with E-state index in [0.717, 1.165) is 6.54 Å². The number of ether oxygens (including phenoxy) is 1. The molecule has 1 unspecified atom stereocenters. The lowest BCUT2D eigenvalue weighted by Gasteiger charge is -2.65. The molecule has 0 radical (unpaired) electrons. The first-order chi connectivity index (χ1) is 15.4. The van der Waals surface area contributed by atoms with Crippen LogP contribution in [0.2, 0.25) is 0 Å². The zero-order valence-electron chi connectivity index (χ0n) is 18.9. The fourth-order valence-electron chi connectivity index (χ4n) is 5.37. The van der Waals surface area contributed by atoms with Crippen LogP contribution in [-0.4, -0.2) is 54.2 Å². The second-order valence-electron chi connectivity index (χ2n) is 9.89. The van der Waals surface area contributed by atoms with Crippen LogP contribution in [0.4, 0.5) is 4.79 Å². The summed E-state index contributed by atoms with van der Waals surface area (Å²) in [4.78, 5) is 27.9. The molecule has 2 aliphatic heterocycles. The summed E-state index contributed by atoms with van der Waals surface area (Å²) in [5, 5.41) is 6.23. The molecule has 168 valence electrons. The van der Waals surface area contributed by atoms with Crippen LogP contribution in [0.3, 0.4) is 0 Å². The van der Waals surface area contributed by atoms with E-state index in [4.69, 9.17) is 4.74 Å². The van der Waals surface area contributed by atoms with Crippen LogP contribution in [0.1, 0.15) is 44.2 Å². The number of alkyl carbamates (subject to hydrolysis) is 1. The van der Waals surface area contributed by atoms with Gasteiger partial charge >= 0.3 is 6.09 Å². The number of carbonyl (C=O) groups is 2. The molecule has 0 bridgehead atoms. The quantitative estimate of drug-likeness (QED) is 0.731. The number of carbonyl (C=O) groups excluding carboxylic acids is 2. The van der Waals surface area contributed by atoms with E-state index in [1.165, 1.54) is 22.3 Å². The first-order valence-corrected chi connectivity index (χ1v) is 11.5. The van der Waals surface area contributed by atoms with E-state index in [1.807, 2.05) is 29.2 Å². The number of nitrogens with zero attached hydrogens (tertiary/aromatic N) is 1. The normalized spacial score (nSPS) is 24.0. The Morgan fingerprint density at radius 2 is 1.75 bits per heavy atom. The van der Waals surface area contributed by atoms with Gasteiger partial charge in [0, 0.05) is 25.0 Å². The van der Waals surface area contributed by atoms with Gasteiger partial charge < -0.3 is 20.3 Å². The number of rotatable bonds is 6. The van der Waals surface area contributed by atoms with Gasteiger partial charge in [0.1, 0.15) is 12.6 Å². The molecule has 6 nitrogen and oxygen atoms in total. The van der Waals surface area contributed by atoms with Crippen LogP contribution >= 0.6 is 0 Å². The van der Waals surface area contributed by atoms with Crippen LogP contribution in [-0.2, 0) is 9.53 Å².